The number of nitrogens with zero attached hydrogens (tertiary/aromatic N) is 3. The molecule has 26 heavy (non-hydrogen) atoms. The van der Waals surface area contributed by atoms with Crippen LogP contribution in [0.4, 0.5) is 5.13 Å². The van der Waals surface area contributed by atoms with Gasteiger partial charge in [-0.3, -0.25) is 9.69 Å². The van der Waals surface area contributed by atoms with Crippen molar-refractivity contribution < 1.29 is 4.79 Å². The van der Waals surface area contributed by atoms with E-state index in [0.717, 1.165) is 22.3 Å². The highest BCUT2D eigenvalue weighted by molar-refractivity contribution is 7.22. The van der Waals surface area contributed by atoms with Gasteiger partial charge >= 0.3 is 0 Å². The lowest BCUT2D eigenvalue weighted by molar-refractivity contribution is -0.114. The smallest absolute Gasteiger partial charge is 0.252 e. The van der Waals surface area contributed by atoms with Crippen molar-refractivity contribution in [2.45, 2.75) is 0 Å². The molecule has 0 aliphatic heterocycles. The Balaban J connectivity index is 1.89. The molecule has 0 saturated carbocycles. The van der Waals surface area contributed by atoms with Gasteiger partial charge in [0.1, 0.15) is 5.52 Å². The molecule has 0 bridgehead atoms. The summed E-state index contributed by atoms with van der Waals surface area (Å²) in [6, 6.07) is 15.5. The number of carbonyl (C=O) groups excluding carboxylic acids is 1. The minimum Gasteiger partial charge on any atom is -0.308 e. The summed E-state index contributed by atoms with van der Waals surface area (Å²) < 4.78 is 0.974. The van der Waals surface area contributed by atoms with Gasteiger partial charge in [0, 0.05) is 19.2 Å². The van der Waals surface area contributed by atoms with Gasteiger partial charge in [0.15, 0.2) is 5.13 Å². The molecule has 0 aliphatic rings. The Kier molecular flexibility index (Phi) is 6.04. The first kappa shape index (κ1) is 18.6. The largest absolute Gasteiger partial charge is 0.308 e. The summed E-state index contributed by atoms with van der Waals surface area (Å²) in [5, 5.41) is 1.27. The maximum absolute atomic E-state index is 12.8. The summed E-state index contributed by atoms with van der Waals surface area (Å²) in [6.45, 7) is 1.30. The van der Waals surface area contributed by atoms with Crippen molar-refractivity contribution in [3.05, 3.63) is 65.2 Å². The molecule has 4 nitrogen and oxygen atoms in total. The number of aromatic nitrogens is 1. The molecule has 0 saturated heterocycles. The number of thiazole rings is 1. The molecule has 0 radical (unpaired) electrons. The second-order valence-corrected chi connectivity index (χ2v) is 7.54. The van der Waals surface area contributed by atoms with Crippen LogP contribution in [0.5, 0.6) is 0 Å². The Labute approximate surface area is 162 Å². The van der Waals surface area contributed by atoms with E-state index in [-0.39, 0.29) is 5.91 Å². The fourth-order valence-electron chi connectivity index (χ4n) is 2.44. The van der Waals surface area contributed by atoms with Crippen LogP contribution in [0.15, 0.2) is 54.6 Å². The van der Waals surface area contributed by atoms with Crippen molar-refractivity contribution in [1.82, 2.24) is 9.88 Å². The van der Waals surface area contributed by atoms with Crippen molar-refractivity contribution in [3.63, 3.8) is 0 Å². The minimum absolute atomic E-state index is 0.0918. The number of para-hydroxylation sites is 1. The van der Waals surface area contributed by atoms with E-state index < -0.39 is 0 Å². The van der Waals surface area contributed by atoms with Crippen LogP contribution in [-0.4, -0.2) is 43.0 Å². The number of hydrogen-bond donors (Lipinski definition) is 0. The number of benzene rings is 2. The molecule has 1 aromatic heterocycles. The fourth-order valence-corrected chi connectivity index (χ4v) is 3.74. The maximum Gasteiger partial charge on any atom is 0.252 e. The normalized spacial score (nSPS) is 11.5. The molecule has 0 atom stereocenters. The molecule has 3 rings (SSSR count). The van der Waals surface area contributed by atoms with Gasteiger partial charge in [-0.05, 0) is 37.9 Å². The molecule has 2 aromatic carbocycles. The number of likely N-dealkylation sites (N-methyl/N-ethyl adjacent to an activating group) is 1. The van der Waals surface area contributed by atoms with Gasteiger partial charge < -0.3 is 4.90 Å². The first-order valence-electron chi connectivity index (χ1n) is 8.29. The zero-order chi connectivity index (χ0) is 18.5. The van der Waals surface area contributed by atoms with E-state index in [1.807, 2.05) is 73.6 Å². The highest BCUT2D eigenvalue weighted by Crippen LogP contribution is 2.32. The van der Waals surface area contributed by atoms with Crippen LogP contribution in [-0.2, 0) is 4.79 Å². The summed E-state index contributed by atoms with van der Waals surface area (Å²) in [6.07, 6.45) is 3.42. The molecule has 0 fully saturated rings. The third kappa shape index (κ3) is 4.49. The zero-order valence-electron chi connectivity index (χ0n) is 14.7. The Morgan fingerprint density at radius 2 is 1.88 bits per heavy atom. The quantitative estimate of drug-likeness (QED) is 0.584. The Morgan fingerprint density at radius 1 is 1.12 bits per heavy atom. The van der Waals surface area contributed by atoms with Crippen LogP contribution in [0.25, 0.3) is 16.3 Å². The van der Waals surface area contributed by atoms with Gasteiger partial charge in [-0.25, -0.2) is 4.98 Å². The molecule has 0 unspecified atom stereocenters. The van der Waals surface area contributed by atoms with E-state index >= 15 is 0 Å². The molecular weight excluding hydrogens is 366 g/mol. The summed E-state index contributed by atoms with van der Waals surface area (Å²) >= 11 is 7.72. The van der Waals surface area contributed by atoms with E-state index in [1.54, 1.807) is 11.0 Å². The molecule has 134 valence electrons. The highest BCUT2D eigenvalue weighted by Gasteiger charge is 2.18. The molecule has 1 heterocycles. The van der Waals surface area contributed by atoms with Crippen molar-refractivity contribution in [2.24, 2.45) is 0 Å². The van der Waals surface area contributed by atoms with Crippen molar-refractivity contribution in [3.8, 4) is 0 Å². The standard InChI is InChI=1S/C20H20ClN3OS/c1-23(2)13-14-24(18(25)12-11-15-7-4-3-5-8-15)20-22-19-16(21)9-6-10-17(19)26-20/h3-12H,13-14H2,1-2H3. The number of amides is 1. The molecule has 1 amide bonds. The van der Waals surface area contributed by atoms with Crippen LogP contribution < -0.4 is 4.90 Å². The predicted octanol–water partition coefficient (Wildman–Crippen LogP) is 4.56. The van der Waals surface area contributed by atoms with E-state index in [1.165, 1.54) is 11.3 Å². The third-order valence-electron chi connectivity index (χ3n) is 3.84. The van der Waals surface area contributed by atoms with Crippen LogP contribution in [0.2, 0.25) is 5.02 Å². The minimum atomic E-state index is -0.0918. The summed E-state index contributed by atoms with van der Waals surface area (Å²) in [4.78, 5) is 21.2. The van der Waals surface area contributed by atoms with E-state index in [2.05, 4.69) is 4.98 Å². The molecule has 0 N–H and O–H groups in total. The van der Waals surface area contributed by atoms with Gasteiger partial charge in [-0.2, -0.15) is 0 Å². The lowest BCUT2D eigenvalue weighted by atomic mass is 10.2. The van der Waals surface area contributed by atoms with Gasteiger partial charge in [-0.15, -0.1) is 0 Å². The second kappa shape index (κ2) is 8.45. The summed E-state index contributed by atoms with van der Waals surface area (Å²) in [5.74, 6) is -0.0918. The van der Waals surface area contributed by atoms with E-state index in [4.69, 9.17) is 11.6 Å². The molecule has 3 aromatic rings. The lowest BCUT2D eigenvalue weighted by Gasteiger charge is -2.20. The number of halogens is 1. The zero-order valence-corrected chi connectivity index (χ0v) is 16.3. The average Bonchev–Trinajstić information content (AvgIpc) is 3.06. The third-order valence-corrected chi connectivity index (χ3v) is 5.19. The first-order chi connectivity index (χ1) is 12.5. The van der Waals surface area contributed by atoms with Gasteiger partial charge in [-0.1, -0.05) is 59.3 Å². The Morgan fingerprint density at radius 3 is 2.58 bits per heavy atom. The van der Waals surface area contributed by atoms with Crippen molar-refractivity contribution in [2.75, 3.05) is 32.1 Å². The number of anilines is 1. The summed E-state index contributed by atoms with van der Waals surface area (Å²) in [7, 11) is 3.97. The van der Waals surface area contributed by atoms with E-state index in [0.29, 0.717) is 16.7 Å². The van der Waals surface area contributed by atoms with Gasteiger partial charge in [0.05, 0.1) is 9.72 Å². The van der Waals surface area contributed by atoms with Crippen LogP contribution in [0, 0.1) is 0 Å². The predicted molar refractivity (Wildman–Crippen MR) is 111 cm³/mol. The van der Waals surface area contributed by atoms with E-state index in [9.17, 15) is 4.79 Å². The Bertz CT molecular complexity index is 921. The van der Waals surface area contributed by atoms with Gasteiger partial charge in [0.25, 0.3) is 5.91 Å². The molecular formula is C20H20ClN3OS. The summed E-state index contributed by atoms with van der Waals surface area (Å²) in [5.41, 5.74) is 1.73. The first-order valence-corrected chi connectivity index (χ1v) is 9.48. The van der Waals surface area contributed by atoms with Gasteiger partial charge in [0.2, 0.25) is 0 Å². The van der Waals surface area contributed by atoms with Crippen LogP contribution in [0.3, 0.4) is 0 Å². The molecule has 0 aliphatic carbocycles. The monoisotopic (exact) mass is 385 g/mol. The Hall–Kier alpha value is -2.21. The number of rotatable bonds is 6. The average molecular weight is 386 g/mol. The number of hydrogen-bond acceptors (Lipinski definition) is 4. The highest BCUT2D eigenvalue weighted by atomic mass is 35.5. The molecule has 0 spiro atoms. The SMILES string of the molecule is CN(C)CCN(C(=O)C=Cc1ccccc1)c1nc2c(Cl)cccc2s1. The lowest BCUT2D eigenvalue weighted by Crippen LogP contribution is -2.35. The second-order valence-electron chi connectivity index (χ2n) is 6.12. The van der Waals surface area contributed by atoms with Crippen LogP contribution >= 0.6 is 22.9 Å². The molecule has 6 heteroatoms. The van der Waals surface area contributed by atoms with Crippen LogP contribution in [0.1, 0.15) is 5.56 Å². The number of carbonyl (C=O) groups is 1. The van der Waals surface area contributed by atoms with Crippen molar-refractivity contribution in [1.29, 1.82) is 0 Å². The van der Waals surface area contributed by atoms with Crippen molar-refractivity contribution >= 4 is 50.3 Å². The fraction of sp³-hybridized carbons (Fsp3) is 0.200. The number of fused-ring (bicyclic) bond motifs is 1. The topological polar surface area (TPSA) is 36.4 Å². The maximum atomic E-state index is 12.8.